The summed E-state index contributed by atoms with van der Waals surface area (Å²) in [5.41, 5.74) is 0. The molecular weight excluding hydrogens is 224 g/mol. The highest BCUT2D eigenvalue weighted by Gasteiger charge is 2.22. The fourth-order valence-corrected chi connectivity index (χ4v) is 3.39. The molecule has 2 aliphatic heterocycles. The average molecular weight is 254 g/mol. The van der Waals surface area contributed by atoms with Gasteiger partial charge in [0.15, 0.2) is 0 Å². The van der Waals surface area contributed by atoms with E-state index < -0.39 is 0 Å². The van der Waals surface area contributed by atoms with Gasteiger partial charge in [-0.25, -0.2) is 0 Å². The van der Waals surface area contributed by atoms with E-state index in [0.29, 0.717) is 6.10 Å². The van der Waals surface area contributed by atoms with Gasteiger partial charge in [-0.2, -0.15) is 0 Å². The van der Waals surface area contributed by atoms with Gasteiger partial charge < -0.3 is 15.0 Å². The fourth-order valence-electron chi connectivity index (χ4n) is 3.39. The molecule has 2 atom stereocenters. The summed E-state index contributed by atoms with van der Waals surface area (Å²) in [6, 6.07) is 0.829. The lowest BCUT2D eigenvalue weighted by atomic mass is 9.98. The molecule has 0 aromatic rings. The molecule has 3 heteroatoms. The largest absolute Gasteiger partial charge is 0.378 e. The Morgan fingerprint density at radius 2 is 2.11 bits per heavy atom. The van der Waals surface area contributed by atoms with Crippen LogP contribution in [-0.2, 0) is 4.74 Å². The van der Waals surface area contributed by atoms with Crippen LogP contribution in [0.4, 0.5) is 0 Å². The lowest BCUT2D eigenvalue weighted by Gasteiger charge is -2.36. The lowest BCUT2D eigenvalue weighted by Crippen LogP contribution is -2.41. The number of piperidine rings is 1. The highest BCUT2D eigenvalue weighted by molar-refractivity contribution is 4.78. The minimum atomic E-state index is 0.575. The van der Waals surface area contributed by atoms with Gasteiger partial charge in [-0.3, -0.25) is 0 Å². The molecule has 0 bridgehead atoms. The number of hydrogen-bond acceptors (Lipinski definition) is 3. The number of ether oxygens (including phenoxy) is 1. The predicted octanol–water partition coefficient (Wildman–Crippen LogP) is 2.41. The van der Waals surface area contributed by atoms with Crippen LogP contribution in [0.2, 0.25) is 0 Å². The van der Waals surface area contributed by atoms with Crippen molar-refractivity contribution in [3.05, 3.63) is 0 Å². The molecule has 2 heterocycles. The van der Waals surface area contributed by atoms with Crippen molar-refractivity contribution in [2.75, 3.05) is 33.3 Å². The Labute approximate surface area is 112 Å². The zero-order valence-electron chi connectivity index (χ0n) is 12.0. The molecule has 2 unspecified atom stereocenters. The van der Waals surface area contributed by atoms with Crippen molar-refractivity contribution in [3.8, 4) is 0 Å². The van der Waals surface area contributed by atoms with Gasteiger partial charge in [-0.1, -0.05) is 6.42 Å². The van der Waals surface area contributed by atoms with Crippen LogP contribution in [0.15, 0.2) is 0 Å². The number of nitrogens with zero attached hydrogens (tertiary/aromatic N) is 1. The first kappa shape index (κ1) is 14.3. The molecule has 0 aromatic carbocycles. The molecule has 0 spiro atoms. The van der Waals surface area contributed by atoms with Gasteiger partial charge in [-0.15, -0.1) is 0 Å². The van der Waals surface area contributed by atoms with E-state index in [0.717, 1.165) is 19.2 Å². The summed E-state index contributed by atoms with van der Waals surface area (Å²) in [5.74, 6) is 0. The molecule has 2 saturated heterocycles. The van der Waals surface area contributed by atoms with E-state index in [1.807, 2.05) is 0 Å². The molecule has 106 valence electrons. The summed E-state index contributed by atoms with van der Waals surface area (Å²) < 4.78 is 5.71. The second kappa shape index (κ2) is 8.13. The van der Waals surface area contributed by atoms with Crippen molar-refractivity contribution in [1.82, 2.24) is 10.2 Å². The minimum absolute atomic E-state index is 0.575. The second-order valence-electron chi connectivity index (χ2n) is 5.86. The Balaban J connectivity index is 1.64. The van der Waals surface area contributed by atoms with Crippen molar-refractivity contribution in [1.29, 1.82) is 0 Å². The second-order valence-corrected chi connectivity index (χ2v) is 5.86. The maximum atomic E-state index is 5.71. The third kappa shape index (κ3) is 4.52. The van der Waals surface area contributed by atoms with Gasteiger partial charge in [0.25, 0.3) is 0 Å². The van der Waals surface area contributed by atoms with Gasteiger partial charge in [0.2, 0.25) is 0 Å². The Morgan fingerprint density at radius 3 is 2.89 bits per heavy atom. The summed E-state index contributed by atoms with van der Waals surface area (Å²) in [6.45, 7) is 4.76. The Morgan fingerprint density at radius 1 is 1.17 bits per heavy atom. The standard InChI is InChI=1S/C15H30N2O/c1-16-10-9-14-6-2-3-11-17(14)12-4-7-15-8-5-13-18-15/h14-16H,2-13H2,1H3. The molecule has 2 rings (SSSR count). The molecule has 0 saturated carbocycles. The first-order valence-electron chi connectivity index (χ1n) is 7.90. The third-order valence-corrected chi connectivity index (χ3v) is 4.47. The zero-order valence-corrected chi connectivity index (χ0v) is 12.0. The van der Waals surface area contributed by atoms with Crippen LogP contribution in [0.5, 0.6) is 0 Å². The van der Waals surface area contributed by atoms with Crippen LogP contribution >= 0.6 is 0 Å². The fraction of sp³-hybridized carbons (Fsp3) is 1.00. The highest BCUT2D eigenvalue weighted by atomic mass is 16.5. The molecular formula is C15H30N2O. The van der Waals surface area contributed by atoms with Gasteiger partial charge in [0.05, 0.1) is 6.10 Å². The zero-order chi connectivity index (χ0) is 12.6. The van der Waals surface area contributed by atoms with Gasteiger partial charge in [0, 0.05) is 12.6 Å². The molecule has 1 N–H and O–H groups in total. The number of hydrogen-bond donors (Lipinski definition) is 1. The van der Waals surface area contributed by atoms with Gasteiger partial charge in [0.1, 0.15) is 0 Å². The summed E-state index contributed by atoms with van der Waals surface area (Å²) in [7, 11) is 2.06. The molecule has 0 aromatic heterocycles. The Hall–Kier alpha value is -0.120. The maximum absolute atomic E-state index is 5.71. The van der Waals surface area contributed by atoms with Crippen LogP contribution in [-0.4, -0.2) is 50.3 Å². The van der Waals surface area contributed by atoms with Crippen LogP contribution in [0.3, 0.4) is 0 Å². The Bertz CT molecular complexity index is 217. The quantitative estimate of drug-likeness (QED) is 0.755. The summed E-state index contributed by atoms with van der Waals surface area (Å²) in [4.78, 5) is 2.73. The van der Waals surface area contributed by atoms with Crippen LogP contribution < -0.4 is 5.32 Å². The smallest absolute Gasteiger partial charge is 0.0576 e. The van der Waals surface area contributed by atoms with Gasteiger partial charge >= 0.3 is 0 Å². The van der Waals surface area contributed by atoms with Gasteiger partial charge in [-0.05, 0) is 71.6 Å². The van der Waals surface area contributed by atoms with Crippen molar-refractivity contribution in [2.24, 2.45) is 0 Å². The topological polar surface area (TPSA) is 24.5 Å². The summed E-state index contributed by atoms with van der Waals surface area (Å²) in [6.07, 6.45) is 11.3. The van der Waals surface area contributed by atoms with Crippen molar-refractivity contribution in [2.45, 2.75) is 63.5 Å². The van der Waals surface area contributed by atoms with E-state index in [9.17, 15) is 0 Å². The van der Waals surface area contributed by atoms with E-state index in [2.05, 4.69) is 17.3 Å². The van der Waals surface area contributed by atoms with Crippen LogP contribution in [0.25, 0.3) is 0 Å². The third-order valence-electron chi connectivity index (χ3n) is 4.47. The van der Waals surface area contributed by atoms with Crippen molar-refractivity contribution in [3.63, 3.8) is 0 Å². The van der Waals surface area contributed by atoms with Crippen molar-refractivity contribution < 1.29 is 4.74 Å². The first-order chi connectivity index (χ1) is 8.90. The lowest BCUT2D eigenvalue weighted by molar-refractivity contribution is 0.0899. The molecule has 2 fully saturated rings. The normalized spacial score (nSPS) is 29.8. The van der Waals surface area contributed by atoms with E-state index in [1.165, 1.54) is 64.5 Å². The van der Waals surface area contributed by atoms with E-state index in [1.54, 1.807) is 0 Å². The number of rotatable bonds is 7. The average Bonchev–Trinajstić information content (AvgIpc) is 2.91. The van der Waals surface area contributed by atoms with Crippen LogP contribution in [0.1, 0.15) is 51.4 Å². The number of nitrogens with one attached hydrogen (secondary N) is 1. The van der Waals surface area contributed by atoms with E-state index in [4.69, 9.17) is 4.74 Å². The molecule has 3 nitrogen and oxygen atoms in total. The van der Waals surface area contributed by atoms with E-state index in [-0.39, 0.29) is 0 Å². The number of likely N-dealkylation sites (tertiary alicyclic amines) is 1. The molecule has 0 amide bonds. The van der Waals surface area contributed by atoms with Crippen molar-refractivity contribution >= 4 is 0 Å². The SMILES string of the molecule is CNCCC1CCCCN1CCCC1CCCO1. The Kier molecular flexibility index (Phi) is 6.46. The molecule has 0 radical (unpaired) electrons. The minimum Gasteiger partial charge on any atom is -0.378 e. The molecule has 18 heavy (non-hydrogen) atoms. The molecule has 0 aliphatic carbocycles. The van der Waals surface area contributed by atoms with E-state index >= 15 is 0 Å². The first-order valence-corrected chi connectivity index (χ1v) is 7.90. The maximum Gasteiger partial charge on any atom is 0.0576 e. The molecule has 2 aliphatic rings. The predicted molar refractivity (Wildman–Crippen MR) is 76.0 cm³/mol. The van der Waals surface area contributed by atoms with Crippen LogP contribution in [0, 0.1) is 0 Å². The monoisotopic (exact) mass is 254 g/mol. The summed E-state index contributed by atoms with van der Waals surface area (Å²) >= 11 is 0. The summed E-state index contributed by atoms with van der Waals surface area (Å²) in [5, 5.41) is 3.29. The highest BCUT2D eigenvalue weighted by Crippen LogP contribution is 2.21.